The van der Waals surface area contributed by atoms with E-state index < -0.39 is 11.8 Å². The number of carbonyl (C=O) groups is 1. The molecule has 1 aromatic rings. The Labute approximate surface area is 142 Å². The van der Waals surface area contributed by atoms with Gasteiger partial charge in [0.05, 0.1) is 5.56 Å². The monoisotopic (exact) mass is 335 g/mol. The van der Waals surface area contributed by atoms with Crippen molar-refractivity contribution in [2.24, 2.45) is 0 Å². The Bertz CT molecular complexity index is 578. The van der Waals surface area contributed by atoms with E-state index >= 15 is 0 Å². The summed E-state index contributed by atoms with van der Waals surface area (Å²) in [7, 11) is 0. The molecular weight excluding hydrogens is 309 g/mol. The molecule has 3 rings (SSSR count). The summed E-state index contributed by atoms with van der Waals surface area (Å²) in [6.45, 7) is 4.22. The highest BCUT2D eigenvalue weighted by atomic mass is 19.1. The van der Waals surface area contributed by atoms with Crippen LogP contribution in [0.1, 0.15) is 62.2 Å². The van der Waals surface area contributed by atoms with Crippen molar-refractivity contribution in [1.82, 2.24) is 4.90 Å². The van der Waals surface area contributed by atoms with Gasteiger partial charge in [0.2, 0.25) is 0 Å². The van der Waals surface area contributed by atoms with E-state index in [0.717, 1.165) is 51.6 Å². The number of likely N-dealkylation sites (tertiary alicyclic amines) is 1. The average Bonchev–Trinajstić information content (AvgIpc) is 3.02. The average molecular weight is 335 g/mol. The number of benzene rings is 1. The molecule has 1 saturated heterocycles. The van der Waals surface area contributed by atoms with Crippen LogP contribution in [0.2, 0.25) is 0 Å². The van der Waals surface area contributed by atoms with E-state index in [-0.39, 0.29) is 11.4 Å². The summed E-state index contributed by atoms with van der Waals surface area (Å²) in [5.74, 6) is -0.718. The Morgan fingerprint density at radius 3 is 2.58 bits per heavy atom. The Kier molecular flexibility index (Phi) is 5.39. The molecule has 1 aromatic carbocycles. The zero-order chi connectivity index (χ0) is 17.0. The molecule has 0 aromatic heterocycles. The highest BCUT2D eigenvalue weighted by Crippen LogP contribution is 2.35. The normalized spacial score (nSPS) is 20.8. The van der Waals surface area contributed by atoms with E-state index in [4.69, 9.17) is 9.47 Å². The predicted octanol–water partition coefficient (Wildman–Crippen LogP) is 4.14. The minimum Gasteiger partial charge on any atom is -0.484 e. The topological polar surface area (TPSA) is 38.8 Å². The van der Waals surface area contributed by atoms with Crippen LogP contribution < -0.4 is 4.74 Å². The van der Waals surface area contributed by atoms with Crippen LogP contribution in [0, 0.1) is 5.82 Å². The van der Waals surface area contributed by atoms with Crippen molar-refractivity contribution >= 4 is 5.97 Å². The lowest BCUT2D eigenvalue weighted by molar-refractivity contribution is 0.0169. The van der Waals surface area contributed by atoms with Gasteiger partial charge in [-0.2, -0.15) is 0 Å². The maximum absolute atomic E-state index is 14.0. The van der Waals surface area contributed by atoms with Crippen LogP contribution in [0.3, 0.4) is 0 Å². The number of esters is 1. The predicted molar refractivity (Wildman–Crippen MR) is 89.6 cm³/mol. The molecule has 1 aliphatic carbocycles. The molecule has 4 nitrogen and oxygen atoms in total. The zero-order valence-corrected chi connectivity index (χ0v) is 14.4. The number of carbonyl (C=O) groups excluding carboxylic acids is 1. The fourth-order valence-corrected chi connectivity index (χ4v) is 3.52. The first-order valence-corrected chi connectivity index (χ1v) is 8.94. The SMILES string of the molecule is CC1(Oc2cc(C(=O)OCN3CCCCC3)ccc2F)CCCC1. The van der Waals surface area contributed by atoms with E-state index in [9.17, 15) is 9.18 Å². The van der Waals surface area contributed by atoms with Crippen molar-refractivity contribution in [3.8, 4) is 5.75 Å². The molecule has 0 unspecified atom stereocenters. The van der Waals surface area contributed by atoms with Crippen molar-refractivity contribution in [3.63, 3.8) is 0 Å². The van der Waals surface area contributed by atoms with Crippen LogP contribution in [0.4, 0.5) is 4.39 Å². The van der Waals surface area contributed by atoms with Crippen molar-refractivity contribution in [2.45, 2.75) is 57.5 Å². The molecule has 1 heterocycles. The molecule has 1 saturated carbocycles. The second-order valence-electron chi connectivity index (χ2n) is 7.14. The molecule has 24 heavy (non-hydrogen) atoms. The van der Waals surface area contributed by atoms with Gasteiger partial charge in [-0.15, -0.1) is 0 Å². The van der Waals surface area contributed by atoms with Gasteiger partial charge in [0.15, 0.2) is 11.6 Å². The van der Waals surface area contributed by atoms with Crippen molar-refractivity contribution in [2.75, 3.05) is 19.8 Å². The number of halogens is 1. The molecule has 0 bridgehead atoms. The van der Waals surface area contributed by atoms with E-state index in [1.807, 2.05) is 6.92 Å². The van der Waals surface area contributed by atoms with Gasteiger partial charge in [0.25, 0.3) is 0 Å². The summed E-state index contributed by atoms with van der Waals surface area (Å²) in [6, 6.07) is 4.21. The molecule has 5 heteroatoms. The van der Waals surface area contributed by atoms with Crippen LogP contribution >= 0.6 is 0 Å². The highest BCUT2D eigenvalue weighted by Gasteiger charge is 2.31. The third-order valence-electron chi connectivity index (χ3n) is 5.01. The van der Waals surface area contributed by atoms with Gasteiger partial charge >= 0.3 is 5.97 Å². The lowest BCUT2D eigenvalue weighted by Gasteiger charge is -2.26. The Balaban J connectivity index is 1.62. The Hall–Kier alpha value is -1.62. The fraction of sp³-hybridized carbons (Fsp3) is 0.632. The van der Waals surface area contributed by atoms with Crippen LogP contribution in [-0.4, -0.2) is 36.3 Å². The van der Waals surface area contributed by atoms with E-state index in [1.165, 1.54) is 24.6 Å². The number of ether oxygens (including phenoxy) is 2. The Morgan fingerprint density at radius 1 is 1.17 bits per heavy atom. The minimum absolute atomic E-state index is 0.145. The smallest absolute Gasteiger partial charge is 0.339 e. The Morgan fingerprint density at radius 2 is 1.88 bits per heavy atom. The zero-order valence-electron chi connectivity index (χ0n) is 14.4. The van der Waals surface area contributed by atoms with Gasteiger partial charge in [-0.1, -0.05) is 6.42 Å². The van der Waals surface area contributed by atoms with Crippen LogP contribution in [0.5, 0.6) is 5.75 Å². The first-order valence-electron chi connectivity index (χ1n) is 8.94. The molecule has 0 radical (unpaired) electrons. The number of hydrogen-bond donors (Lipinski definition) is 0. The molecule has 0 spiro atoms. The van der Waals surface area contributed by atoms with Crippen molar-refractivity contribution in [3.05, 3.63) is 29.6 Å². The molecular formula is C19H26FNO3. The summed E-state index contributed by atoms with van der Waals surface area (Å²) in [6.07, 6.45) is 7.54. The standard InChI is InChI=1S/C19H26FNO3/c1-19(9-3-4-10-19)24-17-13-15(7-8-16(17)20)18(22)23-14-21-11-5-2-6-12-21/h7-8,13H,2-6,9-12,14H2,1H3. The molecule has 2 fully saturated rings. The summed E-state index contributed by atoms with van der Waals surface area (Å²) < 4.78 is 25.3. The maximum Gasteiger partial charge on any atom is 0.339 e. The molecule has 1 aliphatic heterocycles. The van der Waals surface area contributed by atoms with Crippen LogP contribution in [0.15, 0.2) is 18.2 Å². The van der Waals surface area contributed by atoms with Gasteiger partial charge in [-0.3, -0.25) is 4.90 Å². The largest absolute Gasteiger partial charge is 0.484 e. The number of hydrogen-bond acceptors (Lipinski definition) is 4. The van der Waals surface area contributed by atoms with Gasteiger partial charge in [-0.25, -0.2) is 9.18 Å². The van der Waals surface area contributed by atoms with Gasteiger partial charge < -0.3 is 9.47 Å². The van der Waals surface area contributed by atoms with Gasteiger partial charge in [0.1, 0.15) is 12.3 Å². The maximum atomic E-state index is 14.0. The third kappa shape index (κ3) is 4.26. The third-order valence-corrected chi connectivity index (χ3v) is 5.01. The summed E-state index contributed by atoms with van der Waals surface area (Å²) >= 11 is 0. The van der Waals surface area contributed by atoms with E-state index in [2.05, 4.69) is 4.90 Å². The number of rotatable bonds is 5. The summed E-state index contributed by atoms with van der Waals surface area (Å²) in [4.78, 5) is 14.4. The van der Waals surface area contributed by atoms with E-state index in [0.29, 0.717) is 12.3 Å². The lowest BCUT2D eigenvalue weighted by atomic mass is 10.1. The van der Waals surface area contributed by atoms with Gasteiger partial charge in [0, 0.05) is 13.1 Å². The molecule has 2 aliphatic rings. The van der Waals surface area contributed by atoms with Crippen molar-refractivity contribution in [1.29, 1.82) is 0 Å². The molecule has 0 amide bonds. The summed E-state index contributed by atoms with van der Waals surface area (Å²) in [5, 5.41) is 0. The number of piperidine rings is 1. The fourth-order valence-electron chi connectivity index (χ4n) is 3.52. The first kappa shape index (κ1) is 17.2. The van der Waals surface area contributed by atoms with E-state index in [1.54, 1.807) is 0 Å². The first-order chi connectivity index (χ1) is 11.6. The van der Waals surface area contributed by atoms with Gasteiger partial charge in [-0.05, 0) is 63.6 Å². The molecule has 0 atom stereocenters. The van der Waals surface area contributed by atoms with Crippen LogP contribution in [-0.2, 0) is 4.74 Å². The molecule has 132 valence electrons. The molecule has 0 N–H and O–H groups in total. The second-order valence-corrected chi connectivity index (χ2v) is 7.14. The lowest BCUT2D eigenvalue weighted by Crippen LogP contribution is -2.33. The quantitative estimate of drug-likeness (QED) is 0.758. The summed E-state index contributed by atoms with van der Waals surface area (Å²) in [5.41, 5.74) is 0.00183. The van der Waals surface area contributed by atoms with Crippen LogP contribution in [0.25, 0.3) is 0 Å². The highest BCUT2D eigenvalue weighted by molar-refractivity contribution is 5.89. The minimum atomic E-state index is -0.435. The number of nitrogens with zero attached hydrogens (tertiary/aromatic N) is 1. The van der Waals surface area contributed by atoms with Crippen molar-refractivity contribution < 1.29 is 18.7 Å². The second kappa shape index (κ2) is 7.51.